The Bertz CT molecular complexity index is 1220. The van der Waals surface area contributed by atoms with Crippen molar-refractivity contribution < 1.29 is 9.53 Å². The molecule has 0 amide bonds. The average Bonchev–Trinajstić information content (AvgIpc) is 3.00. The number of unbranched alkanes of at least 4 members (excludes halogenated alkanes) is 1. The van der Waals surface area contributed by atoms with E-state index in [1.165, 1.54) is 29.1 Å². The lowest BCUT2D eigenvalue weighted by atomic mass is 10.2. The molecule has 0 fully saturated rings. The van der Waals surface area contributed by atoms with Crippen LogP contribution in [0.4, 0.5) is 5.69 Å². The summed E-state index contributed by atoms with van der Waals surface area (Å²) in [6.45, 7) is 4.04. The predicted molar refractivity (Wildman–Crippen MR) is 130 cm³/mol. The standard InChI is InChI=1S/C22H19Cl4N3O3/c1-3-4-7-32-22(31)15-10-14(5-6-17(15)24)27-11-16-12(2)28-29(21(16)30)20-18(25)8-13(23)9-19(20)26/h5-6,8-11,28H,3-4,7H2,1-2H3. The van der Waals surface area contributed by atoms with Crippen LogP contribution in [0.15, 0.2) is 40.1 Å². The molecule has 0 bridgehead atoms. The third-order valence-corrected chi connectivity index (χ3v) is 5.69. The molecule has 10 heteroatoms. The molecule has 1 heterocycles. The zero-order chi connectivity index (χ0) is 23.4. The van der Waals surface area contributed by atoms with Gasteiger partial charge < -0.3 is 4.74 Å². The van der Waals surface area contributed by atoms with E-state index in [2.05, 4.69) is 10.1 Å². The van der Waals surface area contributed by atoms with Gasteiger partial charge in [0, 0.05) is 16.9 Å². The monoisotopic (exact) mass is 513 g/mol. The lowest BCUT2D eigenvalue weighted by molar-refractivity contribution is 0.0500. The van der Waals surface area contributed by atoms with Gasteiger partial charge in [0.1, 0.15) is 5.69 Å². The highest BCUT2D eigenvalue weighted by molar-refractivity contribution is 6.40. The first kappa shape index (κ1) is 24.4. The molecular formula is C22H19Cl4N3O3. The number of aromatic amines is 1. The SMILES string of the molecule is CCCCOC(=O)c1cc(N=Cc2c(C)[nH]n(-c3c(Cl)cc(Cl)cc3Cl)c2=O)ccc1Cl. The van der Waals surface area contributed by atoms with Crippen molar-refractivity contribution >= 4 is 64.3 Å². The van der Waals surface area contributed by atoms with E-state index >= 15 is 0 Å². The van der Waals surface area contributed by atoms with Crippen molar-refractivity contribution in [3.8, 4) is 5.69 Å². The van der Waals surface area contributed by atoms with Crippen LogP contribution in [0.2, 0.25) is 20.1 Å². The fraction of sp³-hybridized carbons (Fsp3) is 0.227. The summed E-state index contributed by atoms with van der Waals surface area (Å²) < 4.78 is 6.45. The molecule has 32 heavy (non-hydrogen) atoms. The Morgan fingerprint density at radius 1 is 1.12 bits per heavy atom. The van der Waals surface area contributed by atoms with Gasteiger partial charge >= 0.3 is 5.97 Å². The van der Waals surface area contributed by atoms with Gasteiger partial charge in [0.2, 0.25) is 0 Å². The summed E-state index contributed by atoms with van der Waals surface area (Å²) in [5, 5.41) is 4.00. The van der Waals surface area contributed by atoms with E-state index in [0.717, 1.165) is 12.8 Å². The first-order valence-electron chi connectivity index (χ1n) is 9.70. The minimum Gasteiger partial charge on any atom is -0.462 e. The maximum absolute atomic E-state index is 13.0. The molecule has 0 saturated heterocycles. The van der Waals surface area contributed by atoms with Crippen molar-refractivity contribution in [2.24, 2.45) is 4.99 Å². The molecule has 0 atom stereocenters. The number of nitrogens with zero attached hydrogens (tertiary/aromatic N) is 2. The third-order valence-electron chi connectivity index (χ3n) is 4.57. The molecule has 0 radical (unpaired) electrons. The molecule has 0 aliphatic rings. The number of aryl methyl sites for hydroxylation is 1. The molecular weight excluding hydrogens is 496 g/mol. The van der Waals surface area contributed by atoms with Gasteiger partial charge in [0.15, 0.2) is 0 Å². The Kier molecular flexibility index (Phi) is 8.06. The van der Waals surface area contributed by atoms with Crippen molar-refractivity contribution in [2.45, 2.75) is 26.7 Å². The van der Waals surface area contributed by atoms with Crippen LogP contribution in [0.25, 0.3) is 5.69 Å². The molecule has 0 aliphatic carbocycles. The summed E-state index contributed by atoms with van der Waals surface area (Å²) in [5.74, 6) is -0.521. The van der Waals surface area contributed by atoms with Gasteiger partial charge in [-0.3, -0.25) is 14.9 Å². The van der Waals surface area contributed by atoms with Crippen molar-refractivity contribution in [3.63, 3.8) is 0 Å². The Morgan fingerprint density at radius 2 is 1.81 bits per heavy atom. The summed E-state index contributed by atoms with van der Waals surface area (Å²) in [4.78, 5) is 29.6. The van der Waals surface area contributed by atoms with E-state index in [0.29, 0.717) is 28.6 Å². The predicted octanol–water partition coefficient (Wildman–Crippen LogP) is 6.80. The number of H-pyrrole nitrogens is 1. The highest BCUT2D eigenvalue weighted by Crippen LogP contribution is 2.31. The van der Waals surface area contributed by atoms with E-state index in [1.807, 2.05) is 6.92 Å². The van der Waals surface area contributed by atoms with Crippen LogP contribution in [0, 0.1) is 6.92 Å². The number of aliphatic imine (C=N–C) groups is 1. The summed E-state index contributed by atoms with van der Waals surface area (Å²) in [5.41, 5.74) is 1.38. The van der Waals surface area contributed by atoms with Gasteiger partial charge in [-0.25, -0.2) is 9.48 Å². The highest BCUT2D eigenvalue weighted by atomic mass is 35.5. The molecule has 0 spiro atoms. The number of ether oxygens (including phenoxy) is 1. The van der Waals surface area contributed by atoms with E-state index in [4.69, 9.17) is 51.1 Å². The summed E-state index contributed by atoms with van der Waals surface area (Å²) >= 11 is 24.6. The average molecular weight is 515 g/mol. The molecule has 2 aromatic carbocycles. The summed E-state index contributed by atoms with van der Waals surface area (Å²) in [6.07, 6.45) is 3.07. The van der Waals surface area contributed by atoms with E-state index < -0.39 is 11.5 Å². The molecule has 0 saturated carbocycles. The fourth-order valence-electron chi connectivity index (χ4n) is 2.89. The van der Waals surface area contributed by atoms with Gasteiger partial charge in [-0.2, -0.15) is 0 Å². The number of halogens is 4. The number of nitrogens with one attached hydrogen (secondary N) is 1. The van der Waals surface area contributed by atoms with Gasteiger partial charge in [-0.15, -0.1) is 0 Å². The maximum atomic E-state index is 13.0. The lowest BCUT2D eigenvalue weighted by Crippen LogP contribution is -2.18. The largest absolute Gasteiger partial charge is 0.462 e. The minimum atomic E-state index is -0.521. The molecule has 168 valence electrons. The molecule has 6 nitrogen and oxygen atoms in total. The number of hydrogen-bond donors (Lipinski definition) is 1. The zero-order valence-electron chi connectivity index (χ0n) is 17.2. The molecule has 3 rings (SSSR count). The minimum absolute atomic E-state index is 0.209. The Labute approximate surface area is 204 Å². The van der Waals surface area contributed by atoms with Gasteiger partial charge in [-0.1, -0.05) is 59.7 Å². The number of aromatic nitrogens is 2. The van der Waals surface area contributed by atoms with Crippen molar-refractivity contribution in [2.75, 3.05) is 6.61 Å². The molecule has 0 unspecified atom stereocenters. The van der Waals surface area contributed by atoms with E-state index in [1.54, 1.807) is 19.1 Å². The molecule has 3 aromatic rings. The van der Waals surface area contributed by atoms with Crippen molar-refractivity contribution in [1.29, 1.82) is 0 Å². The van der Waals surface area contributed by atoms with Gasteiger partial charge in [0.25, 0.3) is 5.56 Å². The number of rotatable bonds is 7. The molecule has 1 aromatic heterocycles. The van der Waals surface area contributed by atoms with Gasteiger partial charge in [0.05, 0.1) is 38.5 Å². The third kappa shape index (κ3) is 5.38. The number of esters is 1. The fourth-order valence-corrected chi connectivity index (χ4v) is 4.07. The van der Waals surface area contributed by atoms with Crippen LogP contribution in [0.5, 0.6) is 0 Å². The number of hydrogen-bond acceptors (Lipinski definition) is 4. The van der Waals surface area contributed by atoms with Crippen LogP contribution >= 0.6 is 46.4 Å². The Morgan fingerprint density at radius 3 is 2.47 bits per heavy atom. The quantitative estimate of drug-likeness (QED) is 0.214. The second-order valence-corrected chi connectivity index (χ2v) is 8.58. The first-order chi connectivity index (χ1) is 15.2. The van der Waals surface area contributed by atoms with E-state index in [9.17, 15) is 9.59 Å². The first-order valence-corrected chi connectivity index (χ1v) is 11.2. The zero-order valence-corrected chi connectivity index (χ0v) is 20.2. The van der Waals surface area contributed by atoms with Crippen LogP contribution < -0.4 is 5.56 Å². The van der Waals surface area contributed by atoms with Crippen molar-refractivity contribution in [3.05, 3.63) is 77.6 Å². The normalized spacial score (nSPS) is 11.3. The van der Waals surface area contributed by atoms with Crippen molar-refractivity contribution in [1.82, 2.24) is 9.78 Å². The number of carbonyl (C=O) groups is 1. The Balaban J connectivity index is 1.92. The smallest absolute Gasteiger partial charge is 0.339 e. The summed E-state index contributed by atoms with van der Waals surface area (Å²) in [6, 6.07) is 7.70. The second-order valence-electron chi connectivity index (χ2n) is 6.92. The maximum Gasteiger partial charge on any atom is 0.339 e. The highest BCUT2D eigenvalue weighted by Gasteiger charge is 2.17. The van der Waals surface area contributed by atoms with Crippen LogP contribution in [-0.4, -0.2) is 28.6 Å². The Hall–Kier alpha value is -2.25. The van der Waals surface area contributed by atoms with Gasteiger partial charge in [-0.05, 0) is 43.7 Å². The molecule has 1 N–H and O–H groups in total. The number of carbonyl (C=O) groups excluding carboxylic acids is 1. The van der Waals surface area contributed by atoms with Crippen LogP contribution in [0.1, 0.15) is 41.4 Å². The second kappa shape index (κ2) is 10.6. The summed E-state index contributed by atoms with van der Waals surface area (Å²) in [7, 11) is 0. The lowest BCUT2D eigenvalue weighted by Gasteiger charge is -2.07. The number of benzene rings is 2. The van der Waals surface area contributed by atoms with Crippen LogP contribution in [0.3, 0.4) is 0 Å². The van der Waals surface area contributed by atoms with E-state index in [-0.39, 0.29) is 26.3 Å². The van der Waals surface area contributed by atoms with Crippen LogP contribution in [-0.2, 0) is 4.74 Å². The topological polar surface area (TPSA) is 76.4 Å². The molecule has 0 aliphatic heterocycles.